The number of fused-ring (bicyclic) bond motifs is 1. The fourth-order valence-corrected chi connectivity index (χ4v) is 4.04. The van der Waals surface area contributed by atoms with E-state index in [1.54, 1.807) is 11.1 Å². The topological polar surface area (TPSA) is 120 Å². The molecular weight excluding hydrogens is 528 g/mol. The molecule has 9 nitrogen and oxygen atoms in total. The van der Waals surface area contributed by atoms with E-state index in [0.717, 1.165) is 24.6 Å². The molecule has 0 radical (unpaired) electrons. The van der Waals surface area contributed by atoms with E-state index in [-0.39, 0.29) is 18.1 Å². The summed E-state index contributed by atoms with van der Waals surface area (Å²) in [5.74, 6) is -3.94. The third kappa shape index (κ3) is 10.4. The molecule has 3 atom stereocenters. The molecule has 2 saturated heterocycles. The van der Waals surface area contributed by atoms with Gasteiger partial charge in [-0.3, -0.25) is 9.78 Å². The number of hydrogen-bond donors (Lipinski definition) is 2. The molecule has 0 spiro atoms. The number of piperidine rings is 1. The lowest BCUT2D eigenvalue weighted by atomic mass is 9.91. The summed E-state index contributed by atoms with van der Waals surface area (Å²) in [7, 11) is 1.85. The lowest BCUT2D eigenvalue weighted by Gasteiger charge is -2.34. The third-order valence-electron chi connectivity index (χ3n) is 6.11. The molecule has 1 saturated carbocycles. The van der Waals surface area contributed by atoms with E-state index in [2.05, 4.69) is 9.88 Å². The highest BCUT2D eigenvalue weighted by molar-refractivity contribution is 5.81. The van der Waals surface area contributed by atoms with E-state index in [1.165, 1.54) is 32.4 Å². The van der Waals surface area contributed by atoms with Gasteiger partial charge in [0.2, 0.25) is 0 Å². The lowest BCUT2D eigenvalue weighted by Crippen LogP contribution is -2.43. The summed E-state index contributed by atoms with van der Waals surface area (Å²) < 4.78 is 69.6. The van der Waals surface area contributed by atoms with E-state index in [1.807, 2.05) is 25.2 Å². The van der Waals surface area contributed by atoms with E-state index in [9.17, 15) is 31.1 Å². The van der Waals surface area contributed by atoms with Crippen LogP contribution in [0.25, 0.3) is 0 Å². The number of aromatic nitrogens is 1. The Morgan fingerprint density at radius 1 is 1.05 bits per heavy atom. The molecule has 3 heterocycles. The highest BCUT2D eigenvalue weighted by atomic mass is 19.4. The number of carboxylic acid groups (broad SMARTS) is 2. The Balaban J connectivity index is 0.000000301. The number of pyridine rings is 1. The van der Waals surface area contributed by atoms with Crippen molar-refractivity contribution in [3.63, 3.8) is 0 Å². The molecule has 0 aromatic carbocycles. The van der Waals surface area contributed by atoms with Crippen LogP contribution in [0.1, 0.15) is 31.4 Å². The summed E-state index contributed by atoms with van der Waals surface area (Å²) in [5, 5.41) is 14.2. The van der Waals surface area contributed by atoms with Gasteiger partial charge >= 0.3 is 24.3 Å². The maximum atomic E-state index is 12.7. The largest absolute Gasteiger partial charge is 0.490 e. The second kappa shape index (κ2) is 13.2. The monoisotopic (exact) mass is 557 g/mol. The van der Waals surface area contributed by atoms with Gasteiger partial charge in [-0.1, -0.05) is 6.07 Å². The molecule has 3 aliphatic rings. The highest BCUT2D eigenvalue weighted by Crippen LogP contribution is 2.36. The maximum Gasteiger partial charge on any atom is 0.490 e. The number of alkyl halides is 6. The number of halogens is 6. The van der Waals surface area contributed by atoms with Crippen LogP contribution >= 0.6 is 0 Å². The van der Waals surface area contributed by atoms with Crippen molar-refractivity contribution >= 4 is 17.8 Å². The second-order valence-corrected chi connectivity index (χ2v) is 9.27. The van der Waals surface area contributed by atoms with Crippen LogP contribution in [0.3, 0.4) is 0 Å². The molecule has 214 valence electrons. The molecule has 1 aromatic rings. The zero-order chi connectivity index (χ0) is 28.7. The smallest absolute Gasteiger partial charge is 0.475 e. The molecule has 0 bridgehead atoms. The van der Waals surface area contributed by atoms with Crippen molar-refractivity contribution in [2.45, 2.75) is 56.8 Å². The van der Waals surface area contributed by atoms with Gasteiger partial charge in [-0.05, 0) is 56.2 Å². The molecule has 4 rings (SSSR count). The van der Waals surface area contributed by atoms with Crippen molar-refractivity contribution in [2.24, 2.45) is 11.8 Å². The number of aliphatic carboxylic acids is 2. The average molecular weight is 557 g/mol. The molecule has 15 heteroatoms. The van der Waals surface area contributed by atoms with Crippen molar-refractivity contribution < 1.29 is 55.7 Å². The number of likely N-dealkylation sites (tertiary alicyclic amines) is 1. The number of likely N-dealkylation sites (N-methyl/N-ethyl adjacent to an activating group) is 1. The Morgan fingerprint density at radius 3 is 2.11 bits per heavy atom. The average Bonchev–Trinajstić information content (AvgIpc) is 3.53. The first kappa shape index (κ1) is 31.3. The summed E-state index contributed by atoms with van der Waals surface area (Å²) >= 11 is 0. The second-order valence-electron chi connectivity index (χ2n) is 9.27. The minimum absolute atomic E-state index is 0.101. The summed E-state index contributed by atoms with van der Waals surface area (Å²) in [6.07, 6.45) is -3.58. The van der Waals surface area contributed by atoms with Gasteiger partial charge < -0.3 is 24.7 Å². The van der Waals surface area contributed by atoms with Crippen molar-refractivity contribution in [1.82, 2.24) is 14.8 Å². The van der Waals surface area contributed by atoms with Gasteiger partial charge in [0.15, 0.2) is 0 Å². The number of rotatable bonds is 5. The fourth-order valence-electron chi connectivity index (χ4n) is 4.04. The number of ether oxygens (including phenoxy) is 1. The predicted molar refractivity (Wildman–Crippen MR) is 119 cm³/mol. The first-order chi connectivity index (χ1) is 17.6. The molecule has 1 aliphatic carbocycles. The molecule has 1 amide bonds. The van der Waals surface area contributed by atoms with Crippen LogP contribution in [0.15, 0.2) is 24.4 Å². The van der Waals surface area contributed by atoms with Gasteiger partial charge in [0.1, 0.15) is 6.10 Å². The SMILES string of the molecule is CN(Cc1ccccn1)C(=O)[C@@H]1C[C@@H]2CCN(CC3CC3)C[C@H]2O1.O=C(O)C(F)(F)F.O=C(O)C(F)(F)F. The van der Waals surface area contributed by atoms with Gasteiger partial charge in [0.05, 0.1) is 18.3 Å². The summed E-state index contributed by atoms with van der Waals surface area (Å²) in [6.45, 7) is 3.95. The zero-order valence-corrected chi connectivity index (χ0v) is 20.4. The zero-order valence-electron chi connectivity index (χ0n) is 20.4. The first-order valence-electron chi connectivity index (χ1n) is 11.7. The maximum absolute atomic E-state index is 12.7. The predicted octanol–water partition coefficient (Wildman–Crippen LogP) is 3.20. The quantitative estimate of drug-likeness (QED) is 0.530. The highest BCUT2D eigenvalue weighted by Gasteiger charge is 2.43. The fraction of sp³-hybridized carbons (Fsp3) is 0.652. The van der Waals surface area contributed by atoms with Gasteiger partial charge in [0.25, 0.3) is 5.91 Å². The van der Waals surface area contributed by atoms with E-state index < -0.39 is 24.3 Å². The lowest BCUT2D eigenvalue weighted by molar-refractivity contribution is -0.193. The molecule has 0 unspecified atom stereocenters. The van der Waals surface area contributed by atoms with Crippen LogP contribution in [-0.2, 0) is 25.7 Å². The van der Waals surface area contributed by atoms with E-state index in [4.69, 9.17) is 24.5 Å². The van der Waals surface area contributed by atoms with Gasteiger partial charge in [-0.2, -0.15) is 26.3 Å². The Labute approximate surface area is 214 Å². The third-order valence-corrected chi connectivity index (χ3v) is 6.11. The summed E-state index contributed by atoms with van der Waals surface area (Å²) in [5.41, 5.74) is 0.916. The normalized spacial score (nSPS) is 23.2. The number of hydrogen-bond acceptors (Lipinski definition) is 6. The Kier molecular flexibility index (Phi) is 10.9. The van der Waals surface area contributed by atoms with Gasteiger partial charge in [0, 0.05) is 26.3 Å². The van der Waals surface area contributed by atoms with Crippen LogP contribution in [0.4, 0.5) is 26.3 Å². The molecule has 38 heavy (non-hydrogen) atoms. The van der Waals surface area contributed by atoms with Crippen LogP contribution in [0, 0.1) is 11.8 Å². The van der Waals surface area contributed by atoms with Crippen LogP contribution in [0.2, 0.25) is 0 Å². The molecule has 3 fully saturated rings. The standard InChI is InChI=1S/C19H27N3O2.2C2HF3O2/c1-21(12-16-4-2-3-8-20-16)19(23)17-10-15-7-9-22(11-14-5-6-14)13-18(15)24-17;2*3-2(4,5)1(6)7/h2-4,8,14-15,17-18H,5-7,9-13H2,1H3;2*(H,6,7)/t15-,17-,18+;;/m0../s1. The molecular formula is C23H29F6N3O6. The minimum Gasteiger partial charge on any atom is -0.475 e. The van der Waals surface area contributed by atoms with Gasteiger partial charge in [-0.15, -0.1) is 0 Å². The van der Waals surface area contributed by atoms with Crippen molar-refractivity contribution in [2.75, 3.05) is 26.7 Å². The Bertz CT molecular complexity index is 918. The van der Waals surface area contributed by atoms with Crippen LogP contribution in [0.5, 0.6) is 0 Å². The van der Waals surface area contributed by atoms with Crippen molar-refractivity contribution in [3.8, 4) is 0 Å². The minimum atomic E-state index is -5.08. The Morgan fingerprint density at radius 2 is 1.63 bits per heavy atom. The van der Waals surface area contributed by atoms with Crippen LogP contribution in [-0.4, -0.2) is 94.1 Å². The number of carbonyl (C=O) groups is 3. The Hall–Kier alpha value is -2.94. The number of nitrogens with zero attached hydrogens (tertiary/aromatic N) is 3. The van der Waals surface area contributed by atoms with E-state index in [0.29, 0.717) is 12.5 Å². The molecule has 1 aromatic heterocycles. The number of carbonyl (C=O) groups excluding carboxylic acids is 1. The summed E-state index contributed by atoms with van der Waals surface area (Å²) in [4.78, 5) is 39.1. The van der Waals surface area contributed by atoms with Crippen LogP contribution < -0.4 is 0 Å². The molecule has 2 N–H and O–H groups in total. The first-order valence-corrected chi connectivity index (χ1v) is 11.7. The molecule has 2 aliphatic heterocycles. The number of carboxylic acids is 2. The van der Waals surface area contributed by atoms with E-state index >= 15 is 0 Å². The summed E-state index contributed by atoms with van der Waals surface area (Å²) in [6, 6.07) is 5.80. The number of amides is 1. The van der Waals surface area contributed by atoms with Crippen molar-refractivity contribution in [1.29, 1.82) is 0 Å². The van der Waals surface area contributed by atoms with Gasteiger partial charge in [-0.25, -0.2) is 9.59 Å². The van der Waals surface area contributed by atoms with Crippen molar-refractivity contribution in [3.05, 3.63) is 30.1 Å².